The Balaban J connectivity index is 1.87. The summed E-state index contributed by atoms with van der Waals surface area (Å²) in [5.74, 6) is 0.321. The van der Waals surface area contributed by atoms with Crippen LogP contribution in [-0.4, -0.2) is 91.7 Å². The number of piperazine rings is 1. The lowest BCUT2D eigenvalue weighted by Gasteiger charge is -2.35. The topological polar surface area (TPSA) is 78.0 Å². The standard InChI is InChI=1S/C14H25N3O4S/c1-3-17(13-4-9-22(20,21)11-13)14(19)10-15-5-7-16(8-6-15)12(2)18/h13H,3-11H2,1-2H3. The zero-order valence-electron chi connectivity index (χ0n) is 13.3. The second-order valence-corrected chi connectivity index (χ2v) is 8.25. The molecule has 0 radical (unpaired) electrons. The predicted octanol–water partition coefficient (Wildman–Crippen LogP) is -0.814. The molecule has 0 saturated carbocycles. The number of amides is 2. The molecule has 0 aromatic carbocycles. The number of carbonyl (C=O) groups excluding carboxylic acids is 2. The number of carbonyl (C=O) groups is 2. The lowest BCUT2D eigenvalue weighted by Crippen LogP contribution is -2.52. The molecule has 0 spiro atoms. The molecule has 126 valence electrons. The summed E-state index contributed by atoms with van der Waals surface area (Å²) >= 11 is 0. The smallest absolute Gasteiger partial charge is 0.237 e. The third-order valence-electron chi connectivity index (χ3n) is 4.49. The molecule has 2 rings (SSSR count). The van der Waals surface area contributed by atoms with Crippen LogP contribution in [0, 0.1) is 0 Å². The van der Waals surface area contributed by atoms with Crippen molar-refractivity contribution >= 4 is 21.7 Å². The molecule has 0 aromatic rings. The first-order chi connectivity index (χ1) is 10.3. The molecule has 2 amide bonds. The summed E-state index contributed by atoms with van der Waals surface area (Å²) in [6, 6.07) is -0.180. The summed E-state index contributed by atoms with van der Waals surface area (Å²) in [7, 11) is -2.99. The van der Waals surface area contributed by atoms with E-state index in [1.165, 1.54) is 0 Å². The molecule has 1 unspecified atom stereocenters. The molecule has 2 aliphatic rings. The second-order valence-electron chi connectivity index (χ2n) is 6.02. The zero-order valence-corrected chi connectivity index (χ0v) is 14.1. The average Bonchev–Trinajstić information content (AvgIpc) is 2.80. The van der Waals surface area contributed by atoms with Crippen molar-refractivity contribution in [3.63, 3.8) is 0 Å². The van der Waals surface area contributed by atoms with Crippen LogP contribution in [0.4, 0.5) is 0 Å². The minimum Gasteiger partial charge on any atom is -0.340 e. The van der Waals surface area contributed by atoms with Crippen molar-refractivity contribution in [3.05, 3.63) is 0 Å². The van der Waals surface area contributed by atoms with E-state index in [0.29, 0.717) is 45.7 Å². The normalized spacial score (nSPS) is 25.2. The van der Waals surface area contributed by atoms with Crippen LogP contribution in [0.5, 0.6) is 0 Å². The number of hydrogen-bond acceptors (Lipinski definition) is 5. The van der Waals surface area contributed by atoms with E-state index in [1.54, 1.807) is 16.7 Å². The summed E-state index contributed by atoms with van der Waals surface area (Å²) in [6.45, 7) is 6.94. The Bertz CT molecular complexity index is 526. The monoisotopic (exact) mass is 331 g/mol. The van der Waals surface area contributed by atoms with Gasteiger partial charge >= 0.3 is 0 Å². The molecule has 2 aliphatic heterocycles. The summed E-state index contributed by atoms with van der Waals surface area (Å²) < 4.78 is 23.2. The zero-order chi connectivity index (χ0) is 16.3. The van der Waals surface area contributed by atoms with Gasteiger partial charge in [-0.25, -0.2) is 8.42 Å². The minimum atomic E-state index is -2.99. The van der Waals surface area contributed by atoms with E-state index in [-0.39, 0.29) is 29.4 Å². The first-order valence-corrected chi connectivity index (χ1v) is 9.62. The van der Waals surface area contributed by atoms with Gasteiger partial charge in [0.1, 0.15) is 0 Å². The van der Waals surface area contributed by atoms with Gasteiger partial charge in [0.15, 0.2) is 9.84 Å². The molecule has 2 saturated heterocycles. The number of nitrogens with zero attached hydrogens (tertiary/aromatic N) is 3. The van der Waals surface area contributed by atoms with Crippen molar-refractivity contribution in [3.8, 4) is 0 Å². The summed E-state index contributed by atoms with van der Waals surface area (Å²) in [4.78, 5) is 29.3. The van der Waals surface area contributed by atoms with Gasteiger partial charge in [-0.2, -0.15) is 0 Å². The quantitative estimate of drug-likeness (QED) is 0.673. The largest absolute Gasteiger partial charge is 0.340 e. The lowest BCUT2D eigenvalue weighted by molar-refractivity contribution is -0.135. The molecule has 7 nitrogen and oxygen atoms in total. The minimum absolute atomic E-state index is 0.0131. The Labute approximate surface area is 132 Å². The third kappa shape index (κ3) is 4.19. The highest BCUT2D eigenvalue weighted by Crippen LogP contribution is 2.18. The molecule has 0 bridgehead atoms. The number of sulfone groups is 1. The molecule has 1 atom stereocenters. The summed E-state index contributed by atoms with van der Waals surface area (Å²) in [6.07, 6.45) is 0.542. The molecule has 2 fully saturated rings. The first-order valence-electron chi connectivity index (χ1n) is 7.80. The third-order valence-corrected chi connectivity index (χ3v) is 6.24. The second kappa shape index (κ2) is 6.95. The molecule has 8 heteroatoms. The van der Waals surface area contributed by atoms with E-state index in [2.05, 4.69) is 0 Å². The van der Waals surface area contributed by atoms with E-state index in [1.807, 2.05) is 11.8 Å². The molecule has 0 N–H and O–H groups in total. The predicted molar refractivity (Wildman–Crippen MR) is 83.1 cm³/mol. The Morgan fingerprint density at radius 1 is 1.18 bits per heavy atom. The Hall–Kier alpha value is -1.15. The molecule has 22 heavy (non-hydrogen) atoms. The van der Waals surface area contributed by atoms with Crippen molar-refractivity contribution in [2.24, 2.45) is 0 Å². The summed E-state index contributed by atoms with van der Waals surface area (Å²) in [5, 5.41) is 0. The van der Waals surface area contributed by atoms with E-state index < -0.39 is 9.84 Å². The van der Waals surface area contributed by atoms with E-state index in [9.17, 15) is 18.0 Å². The van der Waals surface area contributed by atoms with Gasteiger partial charge in [-0.05, 0) is 13.3 Å². The van der Waals surface area contributed by atoms with Gasteiger partial charge in [0.2, 0.25) is 11.8 Å². The molecular weight excluding hydrogens is 306 g/mol. The van der Waals surface area contributed by atoms with Gasteiger partial charge < -0.3 is 9.80 Å². The van der Waals surface area contributed by atoms with Crippen molar-refractivity contribution in [1.82, 2.24) is 14.7 Å². The van der Waals surface area contributed by atoms with Crippen LogP contribution in [0.2, 0.25) is 0 Å². The fourth-order valence-corrected chi connectivity index (χ4v) is 4.89. The van der Waals surface area contributed by atoms with Gasteiger partial charge in [0.25, 0.3) is 0 Å². The van der Waals surface area contributed by atoms with Gasteiger partial charge in [0.05, 0.1) is 18.1 Å². The van der Waals surface area contributed by atoms with Crippen LogP contribution in [-0.2, 0) is 19.4 Å². The Morgan fingerprint density at radius 3 is 2.27 bits per heavy atom. The van der Waals surface area contributed by atoms with Gasteiger partial charge in [0, 0.05) is 45.7 Å². The number of hydrogen-bond donors (Lipinski definition) is 0. The van der Waals surface area contributed by atoms with E-state index in [0.717, 1.165) is 0 Å². The number of rotatable bonds is 4. The van der Waals surface area contributed by atoms with Crippen molar-refractivity contribution in [2.45, 2.75) is 26.3 Å². The van der Waals surface area contributed by atoms with Crippen LogP contribution in [0.25, 0.3) is 0 Å². The maximum absolute atomic E-state index is 12.5. The van der Waals surface area contributed by atoms with Crippen LogP contribution in [0.1, 0.15) is 20.3 Å². The van der Waals surface area contributed by atoms with Crippen LogP contribution >= 0.6 is 0 Å². The van der Waals surface area contributed by atoms with Crippen LogP contribution < -0.4 is 0 Å². The maximum Gasteiger partial charge on any atom is 0.237 e. The molecule has 0 aliphatic carbocycles. The van der Waals surface area contributed by atoms with E-state index >= 15 is 0 Å². The van der Waals surface area contributed by atoms with Gasteiger partial charge in [-0.1, -0.05) is 0 Å². The molecule has 2 heterocycles. The van der Waals surface area contributed by atoms with Gasteiger partial charge in [-0.3, -0.25) is 14.5 Å². The Kier molecular flexibility index (Phi) is 5.44. The Morgan fingerprint density at radius 2 is 1.82 bits per heavy atom. The van der Waals surface area contributed by atoms with Crippen LogP contribution in [0.15, 0.2) is 0 Å². The first kappa shape index (κ1) is 17.2. The number of likely N-dealkylation sites (N-methyl/N-ethyl adjacent to an activating group) is 1. The van der Waals surface area contributed by atoms with Crippen LogP contribution in [0.3, 0.4) is 0 Å². The molecule has 0 aromatic heterocycles. The van der Waals surface area contributed by atoms with Crippen molar-refractivity contribution < 1.29 is 18.0 Å². The SMILES string of the molecule is CCN(C(=O)CN1CCN(C(C)=O)CC1)C1CCS(=O)(=O)C1. The van der Waals surface area contributed by atoms with Crippen molar-refractivity contribution in [1.29, 1.82) is 0 Å². The average molecular weight is 331 g/mol. The highest BCUT2D eigenvalue weighted by Gasteiger charge is 2.34. The summed E-state index contributed by atoms with van der Waals surface area (Å²) in [5.41, 5.74) is 0. The maximum atomic E-state index is 12.5. The molecular formula is C14H25N3O4S. The van der Waals surface area contributed by atoms with E-state index in [4.69, 9.17) is 0 Å². The fourth-order valence-electron chi connectivity index (χ4n) is 3.16. The lowest BCUT2D eigenvalue weighted by atomic mass is 10.2. The highest BCUT2D eigenvalue weighted by molar-refractivity contribution is 7.91. The van der Waals surface area contributed by atoms with Crippen molar-refractivity contribution in [2.75, 3.05) is 50.8 Å². The van der Waals surface area contributed by atoms with Gasteiger partial charge in [-0.15, -0.1) is 0 Å². The highest BCUT2D eigenvalue weighted by atomic mass is 32.2. The fraction of sp³-hybridized carbons (Fsp3) is 0.857.